The maximum absolute atomic E-state index is 12.5. The summed E-state index contributed by atoms with van der Waals surface area (Å²) in [6, 6.07) is 8.85. The number of hydrogen-bond donors (Lipinski definition) is 3. The predicted octanol–water partition coefficient (Wildman–Crippen LogP) is 1.25. The molecule has 29 heavy (non-hydrogen) atoms. The van der Waals surface area contributed by atoms with E-state index in [1.165, 1.54) is 6.33 Å². The number of nitrogens with zero attached hydrogens (tertiary/aromatic N) is 4. The van der Waals surface area contributed by atoms with Gasteiger partial charge in [0.1, 0.15) is 18.7 Å². The van der Waals surface area contributed by atoms with Crippen molar-refractivity contribution in [3.05, 3.63) is 48.5 Å². The molecule has 3 aromatic rings. The molecule has 6 rings (SSSR count). The molecular formula is C20H19N5O4. The second-order valence-electron chi connectivity index (χ2n) is 8.24. The van der Waals surface area contributed by atoms with Crippen LogP contribution in [0.5, 0.6) is 0 Å². The fourth-order valence-corrected chi connectivity index (χ4v) is 4.93. The summed E-state index contributed by atoms with van der Waals surface area (Å²) in [7, 11) is 0. The molecule has 0 radical (unpaired) electrons. The van der Waals surface area contributed by atoms with Gasteiger partial charge in [-0.2, -0.15) is 0 Å². The fourth-order valence-electron chi connectivity index (χ4n) is 4.93. The summed E-state index contributed by atoms with van der Waals surface area (Å²) in [5.41, 5.74) is -0.496. The first-order valence-electron chi connectivity index (χ1n) is 9.62. The molecule has 0 spiro atoms. The van der Waals surface area contributed by atoms with Crippen molar-refractivity contribution in [2.75, 3.05) is 5.32 Å². The Morgan fingerprint density at radius 3 is 2.76 bits per heavy atom. The summed E-state index contributed by atoms with van der Waals surface area (Å²) in [6.45, 7) is 0. The van der Waals surface area contributed by atoms with Crippen molar-refractivity contribution in [3.63, 3.8) is 0 Å². The molecule has 1 amide bonds. The number of anilines is 1. The molecule has 1 saturated heterocycles. The third kappa shape index (κ3) is 2.38. The molecule has 1 aromatic carbocycles. The van der Waals surface area contributed by atoms with Crippen LogP contribution in [-0.4, -0.2) is 52.9 Å². The Kier molecular flexibility index (Phi) is 3.28. The van der Waals surface area contributed by atoms with E-state index in [1.54, 1.807) is 35.2 Å². The van der Waals surface area contributed by atoms with Crippen molar-refractivity contribution in [1.82, 2.24) is 19.5 Å². The fraction of sp³-hybridized carbons (Fsp3) is 0.400. The number of amides is 1. The highest BCUT2D eigenvalue weighted by atomic mass is 16.6. The Balaban J connectivity index is 1.31. The second kappa shape index (κ2) is 5.59. The van der Waals surface area contributed by atoms with Gasteiger partial charge in [-0.3, -0.25) is 9.36 Å². The van der Waals surface area contributed by atoms with Gasteiger partial charge in [0.15, 0.2) is 17.0 Å². The Labute approximate surface area is 165 Å². The minimum atomic E-state index is -1.03. The van der Waals surface area contributed by atoms with Crippen LogP contribution >= 0.6 is 0 Å². The molecule has 1 aliphatic heterocycles. The third-order valence-electron chi connectivity index (χ3n) is 6.42. The monoisotopic (exact) mass is 393 g/mol. The van der Waals surface area contributed by atoms with Crippen LogP contribution in [0.15, 0.2) is 43.0 Å². The highest BCUT2D eigenvalue weighted by molar-refractivity contribution is 6.06. The lowest BCUT2D eigenvalue weighted by atomic mass is 9.92. The van der Waals surface area contributed by atoms with Gasteiger partial charge in [-0.15, -0.1) is 0 Å². The number of hydrogen-bond acceptors (Lipinski definition) is 7. The molecule has 9 heteroatoms. The topological polar surface area (TPSA) is 122 Å². The molecule has 3 N–H and O–H groups in total. The molecule has 5 atom stereocenters. The van der Waals surface area contributed by atoms with Crippen LogP contribution in [0.2, 0.25) is 0 Å². The smallest absolute Gasteiger partial charge is 0.256 e. The molecule has 0 unspecified atom stereocenters. The van der Waals surface area contributed by atoms with Crippen LogP contribution in [0.25, 0.3) is 11.2 Å². The van der Waals surface area contributed by atoms with E-state index in [1.807, 2.05) is 6.07 Å². The number of aliphatic hydroxyl groups is 2. The zero-order valence-corrected chi connectivity index (χ0v) is 15.4. The average molecular weight is 393 g/mol. The van der Waals surface area contributed by atoms with Gasteiger partial charge < -0.3 is 20.3 Å². The third-order valence-corrected chi connectivity index (χ3v) is 6.42. The molecule has 148 valence electrons. The number of imidazole rings is 1. The number of ether oxygens (including phenoxy) is 1. The van der Waals surface area contributed by atoms with Crippen molar-refractivity contribution >= 4 is 22.9 Å². The van der Waals surface area contributed by atoms with Crippen molar-refractivity contribution in [1.29, 1.82) is 0 Å². The lowest BCUT2D eigenvalue weighted by Gasteiger charge is -2.24. The van der Waals surface area contributed by atoms with Gasteiger partial charge in [0, 0.05) is 12.0 Å². The van der Waals surface area contributed by atoms with E-state index in [-0.39, 0.29) is 11.8 Å². The summed E-state index contributed by atoms with van der Waals surface area (Å²) in [5.74, 6) is 0.142. The molecule has 2 aliphatic carbocycles. The van der Waals surface area contributed by atoms with Crippen LogP contribution in [0, 0.1) is 5.92 Å². The van der Waals surface area contributed by atoms with Gasteiger partial charge in [0.25, 0.3) is 5.91 Å². The molecule has 3 aliphatic rings. The standard InChI is InChI=1S/C20H19N5O4/c26-17(11-4-2-1-3-5-11)24-15-14-16(22-9-21-15)25(10-23-14)13-8-19(27)6-12-7-20(12,28)18(19)29-13/h1-5,9-10,12-13,18,27-28H,6-8H2,(H,21,22,24,26)/t12-,13+,18+,19+,20-/m1/s1. The number of carbonyl (C=O) groups is 1. The Morgan fingerprint density at radius 2 is 1.97 bits per heavy atom. The summed E-state index contributed by atoms with van der Waals surface area (Å²) >= 11 is 0. The SMILES string of the molecule is O=C(Nc1ncnc2c1ncn2[C@@H]1C[C@@]2(O)C[C@@H]3C[C@]3(O)[C@H]2O1)c1ccccc1. The maximum atomic E-state index is 12.5. The van der Waals surface area contributed by atoms with Crippen molar-refractivity contribution in [2.24, 2.45) is 5.92 Å². The minimum absolute atomic E-state index is 0.125. The first-order valence-corrected chi connectivity index (χ1v) is 9.62. The quantitative estimate of drug-likeness (QED) is 0.612. The molecule has 9 nitrogen and oxygen atoms in total. The molecular weight excluding hydrogens is 374 g/mol. The summed E-state index contributed by atoms with van der Waals surface area (Å²) in [6.07, 6.45) is 3.42. The largest absolute Gasteiger partial charge is 0.387 e. The van der Waals surface area contributed by atoms with Crippen molar-refractivity contribution in [2.45, 2.75) is 42.8 Å². The van der Waals surface area contributed by atoms with E-state index in [9.17, 15) is 15.0 Å². The van der Waals surface area contributed by atoms with Gasteiger partial charge in [0.2, 0.25) is 0 Å². The van der Waals surface area contributed by atoms with Gasteiger partial charge in [0.05, 0.1) is 17.5 Å². The molecule has 3 heterocycles. The zero-order valence-electron chi connectivity index (χ0n) is 15.4. The van der Waals surface area contributed by atoms with Crippen LogP contribution < -0.4 is 5.32 Å². The van der Waals surface area contributed by atoms with Crippen LogP contribution in [0.4, 0.5) is 5.82 Å². The summed E-state index contributed by atoms with van der Waals surface area (Å²) in [5, 5.41) is 24.3. The van der Waals surface area contributed by atoms with Crippen molar-refractivity contribution < 1.29 is 19.7 Å². The lowest BCUT2D eigenvalue weighted by Crippen LogP contribution is -2.41. The van der Waals surface area contributed by atoms with Crippen LogP contribution in [0.3, 0.4) is 0 Å². The summed E-state index contributed by atoms with van der Waals surface area (Å²) < 4.78 is 7.79. The van der Waals surface area contributed by atoms with Crippen molar-refractivity contribution in [3.8, 4) is 0 Å². The summed E-state index contributed by atoms with van der Waals surface area (Å²) in [4.78, 5) is 25.3. The Bertz CT molecular complexity index is 1130. The predicted molar refractivity (Wildman–Crippen MR) is 101 cm³/mol. The van der Waals surface area contributed by atoms with E-state index in [4.69, 9.17) is 4.74 Å². The van der Waals surface area contributed by atoms with E-state index in [2.05, 4.69) is 20.3 Å². The molecule has 2 aromatic heterocycles. The van der Waals surface area contributed by atoms with E-state index in [0.717, 1.165) is 0 Å². The van der Waals surface area contributed by atoms with Gasteiger partial charge >= 0.3 is 0 Å². The highest BCUT2D eigenvalue weighted by Crippen LogP contribution is 2.65. The number of aromatic nitrogens is 4. The number of nitrogens with one attached hydrogen (secondary N) is 1. The van der Waals surface area contributed by atoms with Crippen LogP contribution in [-0.2, 0) is 4.74 Å². The number of benzene rings is 1. The van der Waals surface area contributed by atoms with E-state index >= 15 is 0 Å². The number of rotatable bonds is 3. The first-order chi connectivity index (χ1) is 14.0. The Hall–Kier alpha value is -2.88. The maximum Gasteiger partial charge on any atom is 0.256 e. The highest BCUT2D eigenvalue weighted by Gasteiger charge is 2.75. The van der Waals surface area contributed by atoms with E-state index in [0.29, 0.717) is 41.8 Å². The normalized spacial score (nSPS) is 34.8. The minimum Gasteiger partial charge on any atom is -0.387 e. The van der Waals surface area contributed by atoms with Gasteiger partial charge in [-0.05, 0) is 30.9 Å². The molecule has 3 fully saturated rings. The Morgan fingerprint density at radius 1 is 1.14 bits per heavy atom. The number of fused-ring (bicyclic) bond motifs is 4. The molecule has 2 saturated carbocycles. The average Bonchev–Trinajstić information content (AvgIpc) is 3.02. The number of carbonyl (C=O) groups excluding carboxylic acids is 1. The molecule has 0 bridgehead atoms. The van der Waals surface area contributed by atoms with E-state index < -0.39 is 23.5 Å². The lowest BCUT2D eigenvalue weighted by molar-refractivity contribution is -0.106. The van der Waals surface area contributed by atoms with Crippen LogP contribution in [0.1, 0.15) is 35.8 Å². The zero-order chi connectivity index (χ0) is 19.8. The first kappa shape index (κ1) is 17.0. The van der Waals surface area contributed by atoms with Gasteiger partial charge in [-0.1, -0.05) is 18.2 Å². The van der Waals surface area contributed by atoms with Gasteiger partial charge in [-0.25, -0.2) is 15.0 Å². The second-order valence-corrected chi connectivity index (χ2v) is 8.24.